The van der Waals surface area contributed by atoms with Crippen LogP contribution in [0.15, 0.2) is 61.6 Å². The van der Waals surface area contributed by atoms with Gasteiger partial charge in [0, 0.05) is 37.9 Å². The monoisotopic (exact) mass is 466 g/mol. The maximum atomic E-state index is 12.2. The number of benzene rings is 1. The van der Waals surface area contributed by atoms with Gasteiger partial charge in [-0.3, -0.25) is 4.79 Å². The number of nitrogens with two attached hydrogens (primary N) is 1. The second-order valence-corrected chi connectivity index (χ2v) is 9.06. The molecule has 2 aliphatic heterocycles. The van der Waals surface area contributed by atoms with Crippen LogP contribution in [0.5, 0.6) is 0 Å². The molecule has 1 amide bonds. The van der Waals surface area contributed by atoms with Gasteiger partial charge in [0.05, 0.1) is 11.4 Å². The molecule has 1 atom stereocenters. The fourth-order valence-corrected chi connectivity index (χ4v) is 5.18. The molecule has 0 saturated carbocycles. The molecule has 35 heavy (non-hydrogen) atoms. The van der Waals surface area contributed by atoms with Crippen molar-refractivity contribution in [2.24, 2.45) is 0 Å². The van der Waals surface area contributed by atoms with Crippen molar-refractivity contribution in [2.75, 3.05) is 23.7 Å². The van der Waals surface area contributed by atoms with Gasteiger partial charge >= 0.3 is 0 Å². The Kier molecular flexibility index (Phi) is 5.17. The number of carbonyl (C=O) groups excluding carboxylic acids is 1. The molecular weight excluding hydrogens is 440 g/mol. The summed E-state index contributed by atoms with van der Waals surface area (Å²) in [5, 5.41) is 5.76. The molecule has 0 spiro atoms. The van der Waals surface area contributed by atoms with Crippen molar-refractivity contribution in [3.05, 3.63) is 72.7 Å². The molecule has 0 radical (unpaired) electrons. The number of carbonyl (C=O) groups is 1. The van der Waals surface area contributed by atoms with Gasteiger partial charge in [0.25, 0.3) is 0 Å². The van der Waals surface area contributed by atoms with Gasteiger partial charge in [0.15, 0.2) is 5.65 Å². The standard InChI is InChI=1S/C26H26N8O/c1-2-22(35)32-11-5-6-20(15-32)34-26-23(25(27)29-16-30-26)24(31-34)17-8-9-18-13-33(14-19(18)12-17)21-7-3-4-10-28-21/h2-4,7-10,12,16,20H,1,5-6,11,13-15H2,(H2,27,29,30)/t20-/m1/s1. The van der Waals surface area contributed by atoms with Crippen molar-refractivity contribution in [2.45, 2.75) is 32.0 Å². The van der Waals surface area contributed by atoms with Crippen LogP contribution in [0.2, 0.25) is 0 Å². The van der Waals surface area contributed by atoms with E-state index in [2.05, 4.69) is 44.6 Å². The first-order chi connectivity index (χ1) is 17.1. The van der Waals surface area contributed by atoms with Crippen LogP contribution in [0.25, 0.3) is 22.3 Å². The lowest BCUT2D eigenvalue weighted by atomic mass is 10.0. The number of anilines is 2. The largest absolute Gasteiger partial charge is 0.383 e. The van der Waals surface area contributed by atoms with Crippen molar-refractivity contribution in [1.29, 1.82) is 0 Å². The molecule has 1 saturated heterocycles. The summed E-state index contributed by atoms with van der Waals surface area (Å²) in [6.45, 7) is 6.53. The average Bonchev–Trinajstić information content (AvgIpc) is 3.51. The highest BCUT2D eigenvalue weighted by Gasteiger charge is 2.28. The molecule has 9 nitrogen and oxygen atoms in total. The van der Waals surface area contributed by atoms with Gasteiger partial charge in [0.1, 0.15) is 23.7 Å². The molecule has 0 aliphatic carbocycles. The van der Waals surface area contributed by atoms with Crippen molar-refractivity contribution < 1.29 is 4.79 Å². The summed E-state index contributed by atoms with van der Waals surface area (Å²) in [6, 6.07) is 12.4. The Morgan fingerprint density at radius 1 is 1.11 bits per heavy atom. The number of nitrogens with zero attached hydrogens (tertiary/aromatic N) is 7. The zero-order chi connectivity index (χ0) is 23.9. The number of hydrogen-bond acceptors (Lipinski definition) is 7. The van der Waals surface area contributed by atoms with Crippen LogP contribution < -0.4 is 10.6 Å². The van der Waals surface area contributed by atoms with E-state index in [1.165, 1.54) is 23.5 Å². The van der Waals surface area contributed by atoms with E-state index < -0.39 is 0 Å². The third kappa shape index (κ3) is 3.69. The highest BCUT2D eigenvalue weighted by molar-refractivity contribution is 5.98. The zero-order valence-electron chi connectivity index (χ0n) is 19.3. The van der Waals surface area contributed by atoms with Crippen LogP contribution in [0.3, 0.4) is 0 Å². The fraction of sp³-hybridized carbons (Fsp3) is 0.269. The first-order valence-corrected chi connectivity index (χ1v) is 11.8. The Balaban J connectivity index is 1.38. The van der Waals surface area contributed by atoms with Gasteiger partial charge in [0.2, 0.25) is 5.91 Å². The topological polar surface area (TPSA) is 106 Å². The van der Waals surface area contributed by atoms with Gasteiger partial charge in [-0.25, -0.2) is 19.6 Å². The molecule has 5 heterocycles. The zero-order valence-corrected chi connectivity index (χ0v) is 19.3. The lowest BCUT2D eigenvalue weighted by Gasteiger charge is -2.32. The van der Waals surface area contributed by atoms with Crippen LogP contribution in [-0.2, 0) is 17.9 Å². The predicted octanol–water partition coefficient (Wildman–Crippen LogP) is 3.34. The van der Waals surface area contributed by atoms with E-state index in [1.807, 2.05) is 34.0 Å². The average molecular weight is 467 g/mol. The van der Waals surface area contributed by atoms with Crippen LogP contribution >= 0.6 is 0 Å². The Labute approximate surface area is 202 Å². The second kappa shape index (κ2) is 8.50. The summed E-state index contributed by atoms with van der Waals surface area (Å²) >= 11 is 0. The van der Waals surface area contributed by atoms with Crippen LogP contribution in [-0.4, -0.2) is 48.6 Å². The lowest BCUT2D eigenvalue weighted by Crippen LogP contribution is -2.40. The summed E-state index contributed by atoms with van der Waals surface area (Å²) in [6.07, 6.45) is 6.46. The van der Waals surface area contributed by atoms with Crippen LogP contribution in [0, 0.1) is 0 Å². The van der Waals surface area contributed by atoms with Crippen molar-refractivity contribution in [3.63, 3.8) is 0 Å². The number of amides is 1. The van der Waals surface area contributed by atoms with Crippen molar-refractivity contribution in [1.82, 2.24) is 29.6 Å². The number of rotatable bonds is 4. The van der Waals surface area contributed by atoms with E-state index >= 15 is 0 Å². The van der Waals surface area contributed by atoms with E-state index in [-0.39, 0.29) is 11.9 Å². The molecular formula is C26H26N8O. The molecule has 1 fully saturated rings. The van der Waals surface area contributed by atoms with Gasteiger partial charge < -0.3 is 15.5 Å². The quantitative estimate of drug-likeness (QED) is 0.460. The van der Waals surface area contributed by atoms with Crippen molar-refractivity contribution >= 4 is 28.6 Å². The van der Waals surface area contributed by atoms with E-state index in [9.17, 15) is 4.79 Å². The number of aromatic nitrogens is 5. The minimum atomic E-state index is -0.0587. The summed E-state index contributed by atoms with van der Waals surface area (Å²) < 4.78 is 1.93. The van der Waals surface area contributed by atoms with Crippen LogP contribution in [0.1, 0.15) is 30.0 Å². The molecule has 2 N–H and O–H groups in total. The number of fused-ring (bicyclic) bond motifs is 2. The normalized spacial score (nSPS) is 17.5. The predicted molar refractivity (Wildman–Crippen MR) is 134 cm³/mol. The van der Waals surface area contributed by atoms with Gasteiger partial charge in [-0.1, -0.05) is 24.8 Å². The van der Waals surface area contributed by atoms with E-state index in [0.29, 0.717) is 18.0 Å². The van der Waals surface area contributed by atoms with Gasteiger partial charge in [-0.05, 0) is 48.2 Å². The SMILES string of the molecule is C=CC(=O)N1CCC[C@@H](n2nc(-c3ccc4c(c3)CN(c3ccccn3)C4)c3c(N)ncnc32)C1. The minimum absolute atomic E-state index is 0.00673. The molecule has 9 heteroatoms. The second-order valence-electron chi connectivity index (χ2n) is 9.06. The first kappa shape index (κ1) is 21.3. The lowest BCUT2D eigenvalue weighted by molar-refractivity contribution is -0.127. The molecule has 6 rings (SSSR count). The number of pyridine rings is 1. The smallest absolute Gasteiger partial charge is 0.246 e. The third-order valence-corrected chi connectivity index (χ3v) is 6.92. The first-order valence-electron chi connectivity index (χ1n) is 11.8. The van der Waals surface area contributed by atoms with E-state index in [1.54, 1.807) is 0 Å². The summed E-state index contributed by atoms with van der Waals surface area (Å²) in [5.74, 6) is 1.31. The molecule has 3 aromatic heterocycles. The number of hydrogen-bond donors (Lipinski definition) is 1. The van der Waals surface area contributed by atoms with E-state index in [4.69, 9.17) is 10.8 Å². The highest BCUT2D eigenvalue weighted by atomic mass is 16.2. The number of nitrogen functional groups attached to an aromatic ring is 1. The highest BCUT2D eigenvalue weighted by Crippen LogP contribution is 2.36. The maximum absolute atomic E-state index is 12.2. The molecule has 0 unspecified atom stereocenters. The fourth-order valence-electron chi connectivity index (χ4n) is 5.18. The van der Waals surface area contributed by atoms with Crippen molar-refractivity contribution in [3.8, 4) is 11.3 Å². The summed E-state index contributed by atoms with van der Waals surface area (Å²) in [4.78, 5) is 29.6. The Bertz CT molecular complexity index is 1430. The Morgan fingerprint density at radius 2 is 2.00 bits per heavy atom. The van der Waals surface area contributed by atoms with Gasteiger partial charge in [-0.15, -0.1) is 0 Å². The number of likely N-dealkylation sites (tertiary alicyclic amines) is 1. The third-order valence-electron chi connectivity index (χ3n) is 6.92. The minimum Gasteiger partial charge on any atom is -0.383 e. The number of piperidine rings is 1. The van der Waals surface area contributed by atoms with Crippen LogP contribution in [0.4, 0.5) is 11.6 Å². The summed E-state index contributed by atoms with van der Waals surface area (Å²) in [7, 11) is 0. The Hall–Kier alpha value is -4.27. The van der Waals surface area contributed by atoms with E-state index in [0.717, 1.165) is 54.9 Å². The Morgan fingerprint density at radius 3 is 2.83 bits per heavy atom. The molecule has 176 valence electrons. The molecule has 1 aromatic carbocycles. The van der Waals surface area contributed by atoms with Gasteiger partial charge in [-0.2, -0.15) is 5.10 Å². The molecule has 2 aliphatic rings. The maximum Gasteiger partial charge on any atom is 0.246 e. The molecule has 4 aromatic rings. The molecule has 0 bridgehead atoms. The summed E-state index contributed by atoms with van der Waals surface area (Å²) in [5.41, 5.74) is 11.3.